The second kappa shape index (κ2) is 9.40. The minimum Gasteiger partial charge on any atom is -0.437 e. The van der Waals surface area contributed by atoms with Crippen molar-refractivity contribution < 1.29 is 9.53 Å². The van der Waals surface area contributed by atoms with Crippen LogP contribution in [0.25, 0.3) is 11.3 Å². The maximum Gasteiger partial charge on any atom is 0.323 e. The van der Waals surface area contributed by atoms with Crippen LogP contribution < -0.4 is 15.4 Å². The maximum atomic E-state index is 12.4. The van der Waals surface area contributed by atoms with Crippen LogP contribution >= 0.6 is 11.3 Å². The number of anilines is 2. The molecule has 31 heavy (non-hydrogen) atoms. The van der Waals surface area contributed by atoms with Gasteiger partial charge in [-0.2, -0.15) is 11.3 Å². The summed E-state index contributed by atoms with van der Waals surface area (Å²) in [5.41, 5.74) is 4.31. The zero-order valence-corrected chi connectivity index (χ0v) is 18.0. The molecule has 0 radical (unpaired) electrons. The fourth-order valence-electron chi connectivity index (χ4n) is 2.95. The number of carbonyl (C=O) groups is 1. The summed E-state index contributed by atoms with van der Waals surface area (Å²) < 4.78 is 5.85. The van der Waals surface area contributed by atoms with Crippen LogP contribution in [-0.4, -0.2) is 16.0 Å². The molecule has 4 rings (SSSR count). The molecule has 0 spiro atoms. The van der Waals surface area contributed by atoms with Crippen LogP contribution in [0, 0.1) is 0 Å². The van der Waals surface area contributed by atoms with Gasteiger partial charge in [0.2, 0.25) is 5.88 Å². The van der Waals surface area contributed by atoms with Crippen LogP contribution in [0.1, 0.15) is 25.3 Å². The zero-order chi connectivity index (χ0) is 21.6. The minimum atomic E-state index is -0.325. The Kier molecular flexibility index (Phi) is 6.24. The Labute approximate surface area is 185 Å². The number of nitrogens with zero attached hydrogens (tertiary/aromatic N) is 2. The molecular weight excluding hydrogens is 408 g/mol. The van der Waals surface area contributed by atoms with Crippen LogP contribution in [-0.2, 0) is 0 Å². The molecule has 0 atom stereocenters. The van der Waals surface area contributed by atoms with Gasteiger partial charge in [-0.25, -0.2) is 9.78 Å². The summed E-state index contributed by atoms with van der Waals surface area (Å²) in [6.07, 6.45) is 3.26. The van der Waals surface area contributed by atoms with E-state index >= 15 is 0 Å². The SMILES string of the molecule is CC(C)c1ccc(NC(=O)Nc2cccc(Oc3cncc(-c4ccsc4)n3)c2)cc1. The molecular formula is C24H22N4O2S. The summed E-state index contributed by atoms with van der Waals surface area (Å²) in [7, 11) is 0. The summed E-state index contributed by atoms with van der Waals surface area (Å²) in [6.45, 7) is 4.27. The second-order valence-electron chi connectivity index (χ2n) is 7.24. The number of amides is 2. The molecule has 2 aromatic heterocycles. The van der Waals surface area contributed by atoms with Crippen LogP contribution in [0.15, 0.2) is 77.8 Å². The third-order valence-corrected chi connectivity index (χ3v) is 5.26. The van der Waals surface area contributed by atoms with Gasteiger partial charge in [-0.1, -0.05) is 32.0 Å². The highest BCUT2D eigenvalue weighted by molar-refractivity contribution is 7.08. The lowest BCUT2D eigenvalue weighted by Crippen LogP contribution is -2.19. The fourth-order valence-corrected chi connectivity index (χ4v) is 3.60. The summed E-state index contributed by atoms with van der Waals surface area (Å²) in [4.78, 5) is 21.1. The van der Waals surface area contributed by atoms with E-state index in [0.717, 1.165) is 16.9 Å². The van der Waals surface area contributed by atoms with E-state index in [4.69, 9.17) is 4.74 Å². The third kappa shape index (κ3) is 5.46. The quantitative estimate of drug-likeness (QED) is 0.354. The van der Waals surface area contributed by atoms with E-state index in [1.807, 2.05) is 41.1 Å². The molecule has 0 saturated carbocycles. The number of urea groups is 1. The largest absolute Gasteiger partial charge is 0.437 e. The van der Waals surface area contributed by atoms with Gasteiger partial charge in [0.1, 0.15) is 5.75 Å². The van der Waals surface area contributed by atoms with E-state index in [2.05, 4.69) is 34.4 Å². The molecule has 2 amide bonds. The number of thiophene rings is 1. The summed E-state index contributed by atoms with van der Waals surface area (Å²) >= 11 is 1.60. The Morgan fingerprint density at radius 3 is 2.55 bits per heavy atom. The van der Waals surface area contributed by atoms with Gasteiger partial charge >= 0.3 is 6.03 Å². The van der Waals surface area contributed by atoms with E-state index in [1.165, 1.54) is 5.56 Å². The Morgan fingerprint density at radius 1 is 1.00 bits per heavy atom. The average Bonchev–Trinajstić information content (AvgIpc) is 3.29. The molecule has 0 aliphatic heterocycles. The molecule has 156 valence electrons. The monoisotopic (exact) mass is 430 g/mol. The number of benzene rings is 2. The van der Waals surface area contributed by atoms with Crippen LogP contribution in [0.4, 0.5) is 16.2 Å². The van der Waals surface area contributed by atoms with Gasteiger partial charge in [-0.05, 0) is 47.2 Å². The Bertz CT molecular complexity index is 1160. The summed E-state index contributed by atoms with van der Waals surface area (Å²) in [5, 5.41) is 9.66. The van der Waals surface area contributed by atoms with Gasteiger partial charge in [0, 0.05) is 28.4 Å². The first-order valence-electron chi connectivity index (χ1n) is 9.87. The van der Waals surface area contributed by atoms with Crippen molar-refractivity contribution in [1.82, 2.24) is 9.97 Å². The van der Waals surface area contributed by atoms with E-state index in [-0.39, 0.29) is 6.03 Å². The predicted octanol–water partition coefficient (Wildman–Crippen LogP) is 6.76. The van der Waals surface area contributed by atoms with E-state index in [0.29, 0.717) is 23.2 Å². The molecule has 2 aromatic carbocycles. The molecule has 0 saturated heterocycles. The number of hydrogen-bond acceptors (Lipinski definition) is 5. The first kappa shape index (κ1) is 20.6. The normalized spacial score (nSPS) is 10.7. The Hall–Kier alpha value is -3.71. The molecule has 7 heteroatoms. The van der Waals surface area contributed by atoms with E-state index in [1.54, 1.807) is 48.0 Å². The number of carbonyl (C=O) groups excluding carboxylic acids is 1. The van der Waals surface area contributed by atoms with Crippen LogP contribution in [0.5, 0.6) is 11.6 Å². The molecule has 2 N–H and O–H groups in total. The average molecular weight is 431 g/mol. The summed E-state index contributed by atoms with van der Waals surface area (Å²) in [5.74, 6) is 1.38. The predicted molar refractivity (Wildman–Crippen MR) is 125 cm³/mol. The van der Waals surface area contributed by atoms with E-state index < -0.39 is 0 Å². The molecule has 4 aromatic rings. The number of ether oxygens (including phenoxy) is 1. The maximum absolute atomic E-state index is 12.4. The number of hydrogen-bond donors (Lipinski definition) is 2. The van der Waals surface area contributed by atoms with Crippen molar-refractivity contribution in [2.45, 2.75) is 19.8 Å². The molecule has 0 bridgehead atoms. The van der Waals surface area contributed by atoms with Crippen molar-refractivity contribution in [3.05, 3.63) is 83.3 Å². The van der Waals surface area contributed by atoms with Gasteiger partial charge < -0.3 is 15.4 Å². The van der Waals surface area contributed by atoms with E-state index in [9.17, 15) is 4.79 Å². The highest BCUT2D eigenvalue weighted by Crippen LogP contribution is 2.26. The molecule has 6 nitrogen and oxygen atoms in total. The van der Waals surface area contributed by atoms with Gasteiger partial charge in [0.25, 0.3) is 0 Å². The second-order valence-corrected chi connectivity index (χ2v) is 8.02. The van der Waals surface area contributed by atoms with Crippen molar-refractivity contribution in [3.8, 4) is 22.9 Å². The number of aromatic nitrogens is 2. The fraction of sp³-hybridized carbons (Fsp3) is 0.125. The highest BCUT2D eigenvalue weighted by Gasteiger charge is 2.07. The lowest BCUT2D eigenvalue weighted by molar-refractivity contribution is 0.262. The van der Waals surface area contributed by atoms with Gasteiger partial charge in [0.15, 0.2) is 0 Å². The molecule has 0 aliphatic rings. The van der Waals surface area contributed by atoms with Gasteiger partial charge in [-0.15, -0.1) is 0 Å². The van der Waals surface area contributed by atoms with Crippen molar-refractivity contribution in [1.29, 1.82) is 0 Å². The van der Waals surface area contributed by atoms with Crippen molar-refractivity contribution in [2.75, 3.05) is 10.6 Å². The molecule has 0 aliphatic carbocycles. The molecule has 0 fully saturated rings. The number of rotatable bonds is 6. The zero-order valence-electron chi connectivity index (χ0n) is 17.2. The number of nitrogens with one attached hydrogen (secondary N) is 2. The lowest BCUT2D eigenvalue weighted by atomic mass is 10.0. The molecule has 0 unspecified atom stereocenters. The van der Waals surface area contributed by atoms with Crippen molar-refractivity contribution >= 4 is 28.7 Å². The summed E-state index contributed by atoms with van der Waals surface area (Å²) in [6, 6.07) is 16.6. The standard InChI is InChI=1S/C24H22N4O2S/c1-16(2)17-6-8-19(9-7-17)26-24(29)27-20-4-3-5-21(12-20)30-23-14-25-13-22(28-23)18-10-11-31-15-18/h3-16H,1-2H3,(H2,26,27,29). The van der Waals surface area contributed by atoms with Gasteiger partial charge in [0.05, 0.1) is 18.1 Å². The topological polar surface area (TPSA) is 76.1 Å². The first-order valence-corrected chi connectivity index (χ1v) is 10.8. The highest BCUT2D eigenvalue weighted by atomic mass is 32.1. The first-order chi connectivity index (χ1) is 15.1. The minimum absolute atomic E-state index is 0.325. The van der Waals surface area contributed by atoms with Crippen molar-refractivity contribution in [3.63, 3.8) is 0 Å². The molecule has 2 heterocycles. The van der Waals surface area contributed by atoms with Crippen molar-refractivity contribution in [2.24, 2.45) is 0 Å². The lowest BCUT2D eigenvalue weighted by Gasteiger charge is -2.11. The Balaban J connectivity index is 1.40. The Morgan fingerprint density at radius 2 is 1.81 bits per heavy atom. The van der Waals surface area contributed by atoms with Gasteiger partial charge in [-0.3, -0.25) is 4.98 Å². The van der Waals surface area contributed by atoms with Crippen LogP contribution in [0.2, 0.25) is 0 Å². The smallest absolute Gasteiger partial charge is 0.323 e. The van der Waals surface area contributed by atoms with Crippen LogP contribution in [0.3, 0.4) is 0 Å². The third-order valence-electron chi connectivity index (χ3n) is 4.58.